The van der Waals surface area contributed by atoms with E-state index >= 15 is 4.39 Å². The lowest BCUT2D eigenvalue weighted by Gasteiger charge is -2.40. The van der Waals surface area contributed by atoms with Gasteiger partial charge in [-0.05, 0) is 50.9 Å². The first-order valence-electron chi connectivity index (χ1n) is 12.9. The molecule has 4 N–H and O–H groups in total. The zero-order valence-electron chi connectivity index (χ0n) is 24.0. The number of anilines is 2. The number of halogens is 3. The molecule has 232 valence electrons. The summed E-state index contributed by atoms with van der Waals surface area (Å²) in [5.41, 5.74) is 0.0348. The SMILES string of the molecule is COC(=O)NCCNc1nccc(C2SN(C(C)(C)C)C=C2c2cncc(NS(C)(=O)(O)c3c(F)cccc3F)c2F)n1. The highest BCUT2D eigenvalue weighted by Gasteiger charge is 2.37. The summed E-state index contributed by atoms with van der Waals surface area (Å²) in [7, 11) is -4.22. The first-order valence-corrected chi connectivity index (χ1v) is 16.1. The number of aromatic nitrogens is 3. The summed E-state index contributed by atoms with van der Waals surface area (Å²) < 4.78 is 78.3. The molecule has 3 aromatic rings. The number of hydrogen-bond acceptors (Lipinski definition) is 9. The van der Waals surface area contributed by atoms with Gasteiger partial charge in [-0.25, -0.2) is 27.9 Å². The highest BCUT2D eigenvalue weighted by Crippen LogP contribution is 2.51. The zero-order valence-corrected chi connectivity index (χ0v) is 25.7. The molecule has 0 radical (unpaired) electrons. The van der Waals surface area contributed by atoms with Gasteiger partial charge in [0.25, 0.3) is 0 Å². The molecule has 1 aromatic carbocycles. The van der Waals surface area contributed by atoms with Crippen LogP contribution >= 0.6 is 11.9 Å². The van der Waals surface area contributed by atoms with Gasteiger partial charge in [-0.2, -0.15) is 4.21 Å². The van der Waals surface area contributed by atoms with Crippen LogP contribution in [0.2, 0.25) is 0 Å². The molecule has 1 amide bonds. The van der Waals surface area contributed by atoms with Crippen LogP contribution < -0.4 is 15.4 Å². The second-order valence-corrected chi connectivity index (χ2v) is 15.0. The summed E-state index contributed by atoms with van der Waals surface area (Å²) >= 11 is 1.38. The molecule has 1 aliphatic rings. The van der Waals surface area contributed by atoms with Crippen LogP contribution in [-0.4, -0.2) is 66.1 Å². The third-order valence-electron chi connectivity index (χ3n) is 6.17. The molecule has 2 aromatic heterocycles. The fourth-order valence-corrected chi connectivity index (χ4v) is 7.23. The number of carbonyl (C=O) groups excluding carboxylic acids is 1. The Bertz CT molecular complexity index is 1610. The fraction of sp³-hybridized carbons (Fsp3) is 0.333. The minimum atomic E-state index is -5.48. The van der Waals surface area contributed by atoms with Gasteiger partial charge in [0, 0.05) is 54.6 Å². The number of benzene rings is 1. The van der Waals surface area contributed by atoms with Crippen LogP contribution in [0.4, 0.5) is 29.6 Å². The van der Waals surface area contributed by atoms with Crippen molar-refractivity contribution in [2.24, 2.45) is 0 Å². The lowest BCUT2D eigenvalue weighted by molar-refractivity contribution is 0.171. The second-order valence-electron chi connectivity index (χ2n) is 10.7. The summed E-state index contributed by atoms with van der Waals surface area (Å²) in [6, 6.07) is 4.40. The minimum Gasteiger partial charge on any atom is -0.453 e. The average molecular weight is 640 g/mol. The van der Waals surface area contributed by atoms with Crippen molar-refractivity contribution in [3.05, 3.63) is 77.8 Å². The van der Waals surface area contributed by atoms with Gasteiger partial charge in [0.2, 0.25) is 5.95 Å². The highest BCUT2D eigenvalue weighted by atomic mass is 32.3. The Morgan fingerprint density at radius 2 is 1.86 bits per heavy atom. The third-order valence-corrected chi connectivity index (χ3v) is 9.81. The maximum absolute atomic E-state index is 16.2. The predicted octanol–water partition coefficient (Wildman–Crippen LogP) is 5.21. The minimum absolute atomic E-state index is 0.0122. The van der Waals surface area contributed by atoms with Crippen molar-refractivity contribution in [2.45, 2.75) is 36.5 Å². The van der Waals surface area contributed by atoms with Crippen LogP contribution in [-0.2, 0) is 14.3 Å². The molecule has 0 fully saturated rings. The quantitative estimate of drug-likeness (QED) is 0.182. The van der Waals surface area contributed by atoms with Crippen molar-refractivity contribution < 1.29 is 31.5 Å². The van der Waals surface area contributed by atoms with E-state index in [4.69, 9.17) is 0 Å². The molecule has 0 spiro atoms. The van der Waals surface area contributed by atoms with Crippen molar-refractivity contribution in [2.75, 3.05) is 36.5 Å². The number of nitrogens with one attached hydrogen (secondary N) is 3. The van der Waals surface area contributed by atoms with Gasteiger partial charge in [0.15, 0.2) is 17.5 Å². The lowest BCUT2D eigenvalue weighted by atomic mass is 10.0. The molecule has 11 nitrogen and oxygen atoms in total. The second kappa shape index (κ2) is 12.0. The summed E-state index contributed by atoms with van der Waals surface area (Å²) in [4.78, 5) is 23.0. The highest BCUT2D eigenvalue weighted by molar-refractivity contribution is 8.15. The van der Waals surface area contributed by atoms with E-state index < -0.39 is 54.4 Å². The van der Waals surface area contributed by atoms with Crippen molar-refractivity contribution in [3.8, 4) is 0 Å². The van der Waals surface area contributed by atoms with Gasteiger partial charge in [0.05, 0.1) is 24.3 Å². The summed E-state index contributed by atoms with van der Waals surface area (Å²) in [5, 5.41) is 4.99. The van der Waals surface area contributed by atoms with E-state index in [1.165, 1.54) is 31.5 Å². The maximum Gasteiger partial charge on any atom is 0.406 e. The monoisotopic (exact) mass is 639 g/mol. The molecule has 0 saturated carbocycles. The Morgan fingerprint density at radius 1 is 1.16 bits per heavy atom. The number of pyridine rings is 1. The van der Waals surface area contributed by atoms with E-state index in [-0.39, 0.29) is 18.1 Å². The number of methoxy groups -OCH3 is 1. The molecule has 1 atom stereocenters. The van der Waals surface area contributed by atoms with Crippen LogP contribution in [0.15, 0.2) is 54.0 Å². The van der Waals surface area contributed by atoms with Gasteiger partial charge in [0.1, 0.15) is 10.6 Å². The lowest BCUT2D eigenvalue weighted by Crippen LogP contribution is -2.41. The van der Waals surface area contributed by atoms with Gasteiger partial charge in [-0.1, -0.05) is 15.6 Å². The smallest absolute Gasteiger partial charge is 0.406 e. The largest absolute Gasteiger partial charge is 0.453 e. The maximum atomic E-state index is 16.2. The number of nitrogens with zero attached hydrogens (tertiary/aromatic N) is 4. The molecule has 4 rings (SSSR count). The normalized spacial score (nSPS) is 16.2. The number of ether oxygens (including phenoxy) is 1. The van der Waals surface area contributed by atoms with Crippen molar-refractivity contribution in [1.29, 1.82) is 0 Å². The molecule has 43 heavy (non-hydrogen) atoms. The van der Waals surface area contributed by atoms with E-state index in [2.05, 4.69) is 35.0 Å². The Labute approximate surface area is 251 Å². The number of alkyl carbamates (subject to hydrolysis) is 1. The van der Waals surface area contributed by atoms with E-state index in [1.54, 1.807) is 12.3 Å². The van der Waals surface area contributed by atoms with Crippen LogP contribution in [0.1, 0.15) is 37.3 Å². The van der Waals surface area contributed by atoms with E-state index in [0.29, 0.717) is 24.1 Å². The molecule has 16 heteroatoms. The zero-order chi connectivity index (χ0) is 31.6. The fourth-order valence-electron chi connectivity index (χ4n) is 4.15. The molecular weight excluding hydrogens is 607 g/mol. The van der Waals surface area contributed by atoms with Crippen LogP contribution in [0.3, 0.4) is 0 Å². The molecule has 0 aliphatic carbocycles. The van der Waals surface area contributed by atoms with Crippen molar-refractivity contribution >= 4 is 44.8 Å². The van der Waals surface area contributed by atoms with E-state index in [1.807, 2.05) is 25.1 Å². The van der Waals surface area contributed by atoms with Gasteiger partial charge in [-0.3, -0.25) is 14.3 Å². The van der Waals surface area contributed by atoms with E-state index in [9.17, 15) is 22.3 Å². The molecule has 1 aliphatic heterocycles. The summed E-state index contributed by atoms with van der Waals surface area (Å²) in [6.45, 7) is 6.46. The number of carbonyl (C=O) groups is 1. The number of amides is 1. The van der Waals surface area contributed by atoms with Crippen LogP contribution in [0.25, 0.3) is 5.57 Å². The van der Waals surface area contributed by atoms with E-state index in [0.717, 1.165) is 24.4 Å². The molecule has 1 unspecified atom stereocenters. The number of rotatable bonds is 9. The van der Waals surface area contributed by atoms with Gasteiger partial charge < -0.3 is 19.7 Å². The summed E-state index contributed by atoms with van der Waals surface area (Å²) in [5.74, 6) is -3.20. The topological polar surface area (TPSA) is 142 Å². The van der Waals surface area contributed by atoms with Crippen molar-refractivity contribution in [1.82, 2.24) is 24.6 Å². The summed E-state index contributed by atoms with van der Waals surface area (Å²) in [6.07, 6.45) is 5.64. The Hall–Kier alpha value is -3.89. The Balaban J connectivity index is 1.69. The van der Waals surface area contributed by atoms with Gasteiger partial charge >= 0.3 is 6.09 Å². The Morgan fingerprint density at radius 3 is 2.51 bits per heavy atom. The van der Waals surface area contributed by atoms with Crippen molar-refractivity contribution in [3.63, 3.8) is 0 Å². The molecular formula is C27H32F3N7O4S2. The molecule has 0 saturated heterocycles. The first kappa shape index (κ1) is 32.0. The van der Waals surface area contributed by atoms with Crippen LogP contribution in [0, 0.1) is 17.5 Å². The Kier molecular flexibility index (Phi) is 8.95. The molecule has 0 bridgehead atoms. The average Bonchev–Trinajstić information content (AvgIpc) is 3.38. The predicted molar refractivity (Wildman–Crippen MR) is 160 cm³/mol. The standard InChI is InChI=1S/C27H32F3N7O4S2/c1-27(2,3)37-15-17(23(42-37)20-9-10-32-25(35-20)33-11-12-34-26(38)41-4)16-13-31-14-21(22(16)30)36-43(5,39,40)24-18(28)7-6-8-19(24)29/h6-10,13-15,23H,11-12H2,1-5H3,(H,34,38)(H,32,33,35)(H2,36,39,40). The van der Waals surface area contributed by atoms with Gasteiger partial charge in [-0.15, -0.1) is 0 Å². The molecule has 3 heterocycles. The third kappa shape index (κ3) is 7.19. The first-order chi connectivity index (χ1) is 20.1. The van der Waals surface area contributed by atoms with Crippen LogP contribution in [0.5, 0.6) is 0 Å². The number of hydrogen-bond donors (Lipinski definition) is 4.